The van der Waals surface area contributed by atoms with E-state index in [1.54, 1.807) is 0 Å². The summed E-state index contributed by atoms with van der Waals surface area (Å²) in [5.41, 5.74) is 0. The van der Waals surface area contributed by atoms with Crippen LogP contribution in [0.5, 0.6) is 0 Å². The van der Waals surface area contributed by atoms with Crippen LogP contribution in [-0.2, 0) is 19.1 Å². The lowest BCUT2D eigenvalue weighted by Crippen LogP contribution is -2.41. The molecule has 0 atom stereocenters. The highest BCUT2D eigenvalue weighted by Gasteiger charge is 2.10. The number of carboxylic acid groups (broad SMARTS) is 1. The predicted octanol–water partition coefficient (Wildman–Crippen LogP) is -1.15. The van der Waals surface area contributed by atoms with Gasteiger partial charge in [0.05, 0.1) is 13.5 Å². The summed E-state index contributed by atoms with van der Waals surface area (Å²) in [5, 5.41) is 12.2. The van der Waals surface area contributed by atoms with E-state index in [2.05, 4.69) is 10.1 Å². The molecule has 16 heavy (non-hydrogen) atoms. The van der Waals surface area contributed by atoms with Crippen LogP contribution >= 0.6 is 0 Å². The average molecular weight is 232 g/mol. The summed E-state index contributed by atoms with van der Waals surface area (Å²) in [5.74, 6) is -2.52. The van der Waals surface area contributed by atoms with Crippen LogP contribution in [0.2, 0.25) is 0 Å². The highest BCUT2D eigenvalue weighted by atomic mass is 16.5. The number of hydrogen-bond acceptors (Lipinski definition) is 5. The maximum atomic E-state index is 10.9. The zero-order valence-corrected chi connectivity index (χ0v) is 8.61. The quantitative estimate of drug-likeness (QED) is 0.514. The summed E-state index contributed by atoms with van der Waals surface area (Å²) in [6.07, 6.45) is -0.670. The van der Waals surface area contributed by atoms with Crippen LogP contribution in [-0.4, -0.2) is 42.6 Å². The number of esters is 1. The van der Waals surface area contributed by atoms with E-state index in [1.807, 2.05) is 5.32 Å². The molecule has 0 aliphatic carbocycles. The van der Waals surface area contributed by atoms with Crippen molar-refractivity contribution < 1.29 is 29.0 Å². The Morgan fingerprint density at radius 1 is 1.19 bits per heavy atom. The van der Waals surface area contributed by atoms with Crippen molar-refractivity contribution in [3.05, 3.63) is 0 Å². The van der Waals surface area contributed by atoms with Crippen LogP contribution in [0.25, 0.3) is 0 Å². The van der Waals surface area contributed by atoms with Crippen LogP contribution in [0.1, 0.15) is 12.8 Å². The van der Waals surface area contributed by atoms with E-state index in [-0.39, 0.29) is 19.4 Å². The number of nitrogens with one attached hydrogen (secondary N) is 2. The van der Waals surface area contributed by atoms with Crippen LogP contribution in [0.15, 0.2) is 0 Å². The van der Waals surface area contributed by atoms with Gasteiger partial charge in [0.1, 0.15) is 6.54 Å². The zero-order valence-electron chi connectivity index (χ0n) is 8.61. The third kappa shape index (κ3) is 7.30. The standard InChI is InChI=1S/C8H12N2O6/c1-16-7(14)4-9-8(15)10-5(11)2-3-6(12)13/h2-4H2,1H3,(H,12,13)(H2,9,10,11,15). The molecule has 0 saturated carbocycles. The molecule has 8 heteroatoms. The maximum Gasteiger partial charge on any atom is 0.325 e. The normalized spacial score (nSPS) is 9.06. The van der Waals surface area contributed by atoms with Crippen molar-refractivity contribution in [2.75, 3.05) is 13.7 Å². The maximum absolute atomic E-state index is 10.9. The second kappa shape index (κ2) is 7.21. The van der Waals surface area contributed by atoms with E-state index < -0.39 is 23.9 Å². The fourth-order valence-electron chi connectivity index (χ4n) is 0.678. The second-order valence-electron chi connectivity index (χ2n) is 2.70. The van der Waals surface area contributed by atoms with E-state index in [0.717, 1.165) is 7.11 Å². The first-order valence-corrected chi connectivity index (χ1v) is 4.32. The molecule has 0 spiro atoms. The highest BCUT2D eigenvalue weighted by molar-refractivity contribution is 5.96. The molecule has 0 rings (SSSR count). The molecular formula is C8H12N2O6. The summed E-state index contributed by atoms with van der Waals surface area (Å²) >= 11 is 0. The number of methoxy groups -OCH3 is 1. The van der Waals surface area contributed by atoms with Gasteiger partial charge in [-0.3, -0.25) is 19.7 Å². The molecule has 0 radical (unpaired) electrons. The van der Waals surface area contributed by atoms with Crippen LogP contribution in [0.3, 0.4) is 0 Å². The minimum Gasteiger partial charge on any atom is -0.481 e. The number of carbonyl (C=O) groups is 4. The van der Waals surface area contributed by atoms with Crippen LogP contribution < -0.4 is 10.6 Å². The molecule has 90 valence electrons. The number of imide groups is 1. The molecule has 0 aromatic carbocycles. The van der Waals surface area contributed by atoms with Crippen LogP contribution in [0.4, 0.5) is 4.79 Å². The Labute approximate surface area is 90.9 Å². The van der Waals surface area contributed by atoms with Gasteiger partial charge in [0.25, 0.3) is 0 Å². The fraction of sp³-hybridized carbons (Fsp3) is 0.500. The van der Waals surface area contributed by atoms with Gasteiger partial charge in [-0.25, -0.2) is 4.79 Å². The van der Waals surface area contributed by atoms with Gasteiger partial charge >= 0.3 is 18.0 Å². The summed E-state index contributed by atoms with van der Waals surface area (Å²) in [7, 11) is 1.15. The number of carbonyl (C=O) groups excluding carboxylic acids is 3. The van der Waals surface area contributed by atoms with Gasteiger partial charge in [-0.2, -0.15) is 0 Å². The first-order valence-electron chi connectivity index (χ1n) is 4.32. The van der Waals surface area contributed by atoms with Gasteiger partial charge in [0.2, 0.25) is 5.91 Å². The van der Waals surface area contributed by atoms with Gasteiger partial charge in [0, 0.05) is 6.42 Å². The molecule has 0 aromatic heterocycles. The molecule has 8 nitrogen and oxygen atoms in total. The molecule has 0 fully saturated rings. The SMILES string of the molecule is COC(=O)CNC(=O)NC(=O)CCC(=O)O. The van der Waals surface area contributed by atoms with Crippen molar-refractivity contribution in [2.24, 2.45) is 0 Å². The van der Waals surface area contributed by atoms with Gasteiger partial charge in [0.15, 0.2) is 0 Å². The van der Waals surface area contributed by atoms with Crippen molar-refractivity contribution in [1.29, 1.82) is 0 Å². The monoisotopic (exact) mass is 232 g/mol. The third-order valence-corrected chi connectivity index (χ3v) is 1.44. The number of urea groups is 1. The summed E-state index contributed by atoms with van der Waals surface area (Å²) < 4.78 is 4.24. The molecule has 0 aromatic rings. The number of amides is 3. The Bertz CT molecular complexity index is 301. The number of carboxylic acids is 1. The first-order chi connectivity index (χ1) is 7.45. The molecule has 0 aliphatic heterocycles. The van der Waals surface area contributed by atoms with Gasteiger partial charge in [-0.05, 0) is 0 Å². The van der Waals surface area contributed by atoms with Crippen molar-refractivity contribution >= 4 is 23.9 Å². The number of aliphatic carboxylic acids is 1. The average Bonchev–Trinajstić information content (AvgIpc) is 2.23. The van der Waals surface area contributed by atoms with Crippen molar-refractivity contribution in [3.8, 4) is 0 Å². The van der Waals surface area contributed by atoms with Gasteiger partial charge < -0.3 is 15.2 Å². The fourth-order valence-corrected chi connectivity index (χ4v) is 0.678. The Balaban J connectivity index is 3.74. The molecule has 0 unspecified atom stereocenters. The van der Waals surface area contributed by atoms with E-state index in [4.69, 9.17) is 5.11 Å². The minimum absolute atomic E-state index is 0.305. The van der Waals surface area contributed by atoms with Crippen molar-refractivity contribution in [2.45, 2.75) is 12.8 Å². The smallest absolute Gasteiger partial charge is 0.325 e. The molecule has 0 heterocycles. The van der Waals surface area contributed by atoms with Crippen molar-refractivity contribution in [1.82, 2.24) is 10.6 Å². The zero-order chi connectivity index (χ0) is 12.6. The third-order valence-electron chi connectivity index (χ3n) is 1.44. The van der Waals surface area contributed by atoms with E-state index in [0.29, 0.717) is 0 Å². The Hall–Kier alpha value is -2.12. The lowest BCUT2D eigenvalue weighted by molar-refractivity contribution is -0.139. The van der Waals surface area contributed by atoms with E-state index in [9.17, 15) is 19.2 Å². The van der Waals surface area contributed by atoms with Gasteiger partial charge in [-0.15, -0.1) is 0 Å². The van der Waals surface area contributed by atoms with E-state index in [1.165, 1.54) is 0 Å². The number of ether oxygens (including phenoxy) is 1. The second-order valence-corrected chi connectivity index (χ2v) is 2.70. The molecule has 0 aliphatic rings. The highest BCUT2D eigenvalue weighted by Crippen LogP contribution is 1.87. The summed E-state index contributed by atoms with van der Waals surface area (Å²) in [6, 6.07) is -0.874. The lowest BCUT2D eigenvalue weighted by atomic mass is 10.3. The molecule has 0 saturated heterocycles. The summed E-state index contributed by atoms with van der Waals surface area (Å²) in [4.78, 5) is 42.5. The Morgan fingerprint density at radius 3 is 2.31 bits per heavy atom. The van der Waals surface area contributed by atoms with Crippen molar-refractivity contribution in [3.63, 3.8) is 0 Å². The minimum atomic E-state index is -1.13. The molecule has 3 amide bonds. The van der Waals surface area contributed by atoms with Gasteiger partial charge in [-0.1, -0.05) is 0 Å². The Morgan fingerprint density at radius 2 is 1.81 bits per heavy atom. The lowest BCUT2D eigenvalue weighted by Gasteiger charge is -2.04. The molecular weight excluding hydrogens is 220 g/mol. The molecule has 3 N–H and O–H groups in total. The first kappa shape index (κ1) is 13.9. The van der Waals surface area contributed by atoms with E-state index >= 15 is 0 Å². The number of rotatable bonds is 5. The molecule has 0 bridgehead atoms. The summed E-state index contributed by atoms with van der Waals surface area (Å²) in [6.45, 7) is -0.367. The largest absolute Gasteiger partial charge is 0.481 e. The Kier molecular flexibility index (Phi) is 6.25. The van der Waals surface area contributed by atoms with Crippen LogP contribution in [0, 0.1) is 0 Å². The predicted molar refractivity (Wildman–Crippen MR) is 50.4 cm³/mol. The topological polar surface area (TPSA) is 122 Å². The number of hydrogen-bond donors (Lipinski definition) is 3.